The largest absolute Gasteiger partial charge is 0.365 e. The van der Waals surface area contributed by atoms with E-state index in [4.69, 9.17) is 11.6 Å². The number of carbonyl (C=O) groups excluding carboxylic acids is 1. The molecular formula is C21H20ClN3O. The van der Waals surface area contributed by atoms with Crippen LogP contribution in [0.5, 0.6) is 0 Å². The quantitative estimate of drug-likeness (QED) is 0.655. The number of aromatic nitrogens is 1. The molecule has 0 saturated heterocycles. The zero-order valence-corrected chi connectivity index (χ0v) is 15.0. The van der Waals surface area contributed by atoms with Gasteiger partial charge in [-0.1, -0.05) is 60.1 Å². The van der Waals surface area contributed by atoms with Crippen molar-refractivity contribution in [2.75, 3.05) is 11.9 Å². The van der Waals surface area contributed by atoms with Gasteiger partial charge in [0.25, 0.3) is 5.91 Å². The third kappa shape index (κ3) is 4.83. The maximum atomic E-state index is 12.5. The van der Waals surface area contributed by atoms with Gasteiger partial charge in [-0.25, -0.2) is 4.98 Å². The average Bonchev–Trinajstić information content (AvgIpc) is 2.68. The second-order valence-electron chi connectivity index (χ2n) is 5.84. The van der Waals surface area contributed by atoms with Gasteiger partial charge in [-0.05, 0) is 35.7 Å². The number of amides is 1. The first-order valence-corrected chi connectivity index (χ1v) is 8.86. The van der Waals surface area contributed by atoms with E-state index in [1.807, 2.05) is 54.6 Å². The molecule has 5 heteroatoms. The highest BCUT2D eigenvalue weighted by atomic mass is 35.5. The molecule has 0 radical (unpaired) electrons. The number of benzene rings is 2. The summed E-state index contributed by atoms with van der Waals surface area (Å²) in [6, 6.07) is 21.2. The van der Waals surface area contributed by atoms with E-state index in [9.17, 15) is 4.79 Å². The van der Waals surface area contributed by atoms with Gasteiger partial charge >= 0.3 is 0 Å². The minimum atomic E-state index is -0.143. The fourth-order valence-electron chi connectivity index (χ4n) is 2.61. The van der Waals surface area contributed by atoms with Crippen LogP contribution in [0.2, 0.25) is 5.02 Å². The third-order valence-corrected chi connectivity index (χ3v) is 4.37. The highest BCUT2D eigenvalue weighted by Gasteiger charge is 2.12. The molecule has 0 aliphatic heterocycles. The van der Waals surface area contributed by atoms with Crippen LogP contribution < -0.4 is 10.6 Å². The summed E-state index contributed by atoms with van der Waals surface area (Å²) in [6.45, 7) is 1.07. The Balaban J connectivity index is 1.61. The Hall–Kier alpha value is -2.85. The molecule has 2 aromatic carbocycles. The molecule has 0 unspecified atom stereocenters. The molecule has 3 rings (SSSR count). The van der Waals surface area contributed by atoms with E-state index in [0.717, 1.165) is 12.0 Å². The number of rotatable bonds is 7. The number of hydrogen-bond acceptors (Lipinski definition) is 3. The first kappa shape index (κ1) is 18.0. The summed E-state index contributed by atoms with van der Waals surface area (Å²) >= 11 is 6.18. The molecule has 0 bridgehead atoms. The standard InChI is InChI=1S/C21H20ClN3O/c22-19-11-5-4-9-17(19)15-25-20-18(10-6-13-23-20)21(26)24-14-12-16-7-2-1-3-8-16/h1-11,13H,12,14-15H2,(H,23,25)(H,24,26). The summed E-state index contributed by atoms with van der Waals surface area (Å²) in [6.07, 6.45) is 2.45. The summed E-state index contributed by atoms with van der Waals surface area (Å²) in [7, 11) is 0. The second-order valence-corrected chi connectivity index (χ2v) is 6.24. The summed E-state index contributed by atoms with van der Waals surface area (Å²) in [5.41, 5.74) is 2.67. The van der Waals surface area contributed by atoms with Gasteiger partial charge < -0.3 is 10.6 Å². The maximum Gasteiger partial charge on any atom is 0.255 e. The lowest BCUT2D eigenvalue weighted by molar-refractivity contribution is 0.0954. The number of carbonyl (C=O) groups is 1. The van der Waals surface area contributed by atoms with Gasteiger partial charge in [0.05, 0.1) is 5.56 Å². The van der Waals surface area contributed by atoms with Crippen LogP contribution in [0, 0.1) is 0 Å². The molecule has 4 nitrogen and oxygen atoms in total. The van der Waals surface area contributed by atoms with E-state index in [1.54, 1.807) is 18.3 Å². The van der Waals surface area contributed by atoms with Crippen LogP contribution in [0.1, 0.15) is 21.5 Å². The molecule has 0 aliphatic rings. The normalized spacial score (nSPS) is 10.3. The molecule has 0 saturated carbocycles. The van der Waals surface area contributed by atoms with Crippen LogP contribution in [0.3, 0.4) is 0 Å². The van der Waals surface area contributed by atoms with Crippen molar-refractivity contribution < 1.29 is 4.79 Å². The van der Waals surface area contributed by atoms with E-state index in [-0.39, 0.29) is 5.91 Å². The van der Waals surface area contributed by atoms with Crippen molar-refractivity contribution in [1.29, 1.82) is 0 Å². The number of hydrogen-bond donors (Lipinski definition) is 2. The van der Waals surface area contributed by atoms with Gasteiger partial charge in [-0.2, -0.15) is 0 Å². The Morgan fingerprint density at radius 1 is 0.962 bits per heavy atom. The molecule has 1 amide bonds. The van der Waals surface area contributed by atoms with Crippen molar-refractivity contribution in [3.05, 3.63) is 94.6 Å². The third-order valence-electron chi connectivity index (χ3n) is 4.00. The van der Waals surface area contributed by atoms with E-state index < -0.39 is 0 Å². The first-order valence-electron chi connectivity index (χ1n) is 8.48. The first-order chi connectivity index (χ1) is 12.7. The van der Waals surface area contributed by atoms with Gasteiger partial charge in [0.2, 0.25) is 0 Å². The van der Waals surface area contributed by atoms with Crippen LogP contribution in [-0.4, -0.2) is 17.4 Å². The zero-order valence-electron chi connectivity index (χ0n) is 14.3. The zero-order chi connectivity index (χ0) is 18.2. The van der Waals surface area contributed by atoms with Gasteiger partial charge in [-0.3, -0.25) is 4.79 Å². The van der Waals surface area contributed by atoms with Crippen molar-refractivity contribution in [2.45, 2.75) is 13.0 Å². The van der Waals surface area contributed by atoms with E-state index in [2.05, 4.69) is 15.6 Å². The number of pyridine rings is 1. The van der Waals surface area contributed by atoms with Gasteiger partial charge in [-0.15, -0.1) is 0 Å². The summed E-state index contributed by atoms with van der Waals surface area (Å²) in [4.78, 5) is 16.8. The molecule has 1 aromatic heterocycles. The fourth-order valence-corrected chi connectivity index (χ4v) is 2.81. The van der Waals surface area contributed by atoms with Crippen molar-refractivity contribution in [2.24, 2.45) is 0 Å². The van der Waals surface area contributed by atoms with Crippen molar-refractivity contribution in [3.63, 3.8) is 0 Å². The highest BCUT2D eigenvalue weighted by Crippen LogP contribution is 2.18. The minimum Gasteiger partial charge on any atom is -0.365 e. The summed E-state index contributed by atoms with van der Waals surface area (Å²) in [5, 5.41) is 6.84. The van der Waals surface area contributed by atoms with Gasteiger partial charge in [0, 0.05) is 24.3 Å². The van der Waals surface area contributed by atoms with Gasteiger partial charge in [0.15, 0.2) is 0 Å². The Bertz CT molecular complexity index is 868. The molecule has 2 N–H and O–H groups in total. The van der Waals surface area contributed by atoms with E-state index in [1.165, 1.54) is 5.56 Å². The van der Waals surface area contributed by atoms with Crippen LogP contribution in [0.25, 0.3) is 0 Å². The van der Waals surface area contributed by atoms with Crippen molar-refractivity contribution in [3.8, 4) is 0 Å². The Morgan fingerprint density at radius 3 is 2.54 bits per heavy atom. The van der Waals surface area contributed by atoms with Crippen LogP contribution in [0.4, 0.5) is 5.82 Å². The van der Waals surface area contributed by atoms with Crippen molar-refractivity contribution >= 4 is 23.3 Å². The number of anilines is 1. The molecule has 0 atom stereocenters. The lowest BCUT2D eigenvalue weighted by atomic mass is 10.1. The van der Waals surface area contributed by atoms with Crippen LogP contribution >= 0.6 is 11.6 Å². The molecule has 1 heterocycles. The number of nitrogens with one attached hydrogen (secondary N) is 2. The lowest BCUT2D eigenvalue weighted by Gasteiger charge is -2.12. The van der Waals surface area contributed by atoms with Crippen molar-refractivity contribution in [1.82, 2.24) is 10.3 Å². The van der Waals surface area contributed by atoms with E-state index in [0.29, 0.717) is 29.5 Å². The van der Waals surface area contributed by atoms with E-state index >= 15 is 0 Å². The predicted octanol–water partition coefficient (Wildman–Crippen LogP) is 4.32. The minimum absolute atomic E-state index is 0.143. The Labute approximate surface area is 158 Å². The Kier molecular flexibility index (Phi) is 6.23. The maximum absolute atomic E-state index is 12.5. The summed E-state index contributed by atoms with van der Waals surface area (Å²) in [5.74, 6) is 0.403. The highest BCUT2D eigenvalue weighted by molar-refractivity contribution is 6.31. The van der Waals surface area contributed by atoms with Crippen LogP contribution in [-0.2, 0) is 13.0 Å². The molecule has 0 spiro atoms. The number of halogens is 1. The smallest absolute Gasteiger partial charge is 0.255 e. The Morgan fingerprint density at radius 2 is 1.73 bits per heavy atom. The SMILES string of the molecule is O=C(NCCc1ccccc1)c1cccnc1NCc1ccccc1Cl. The van der Waals surface area contributed by atoms with Gasteiger partial charge in [0.1, 0.15) is 5.82 Å². The lowest BCUT2D eigenvalue weighted by Crippen LogP contribution is -2.26. The monoisotopic (exact) mass is 365 g/mol. The average molecular weight is 366 g/mol. The summed E-state index contributed by atoms with van der Waals surface area (Å²) < 4.78 is 0. The molecule has 0 fully saturated rings. The predicted molar refractivity (Wildman–Crippen MR) is 105 cm³/mol. The topological polar surface area (TPSA) is 54.0 Å². The number of nitrogens with zero attached hydrogens (tertiary/aromatic N) is 1. The molecule has 26 heavy (non-hydrogen) atoms. The molecule has 3 aromatic rings. The second kappa shape index (κ2) is 9.02. The molecular weight excluding hydrogens is 346 g/mol. The molecule has 132 valence electrons. The van der Waals surface area contributed by atoms with Crippen LogP contribution in [0.15, 0.2) is 72.9 Å². The molecule has 0 aliphatic carbocycles. The fraction of sp³-hybridized carbons (Fsp3) is 0.143.